The van der Waals surface area contributed by atoms with Crippen LogP contribution in [0.25, 0.3) is 10.2 Å². The van der Waals surface area contributed by atoms with Gasteiger partial charge in [0.2, 0.25) is 0 Å². The Balaban J connectivity index is 1.87. The summed E-state index contributed by atoms with van der Waals surface area (Å²) in [5, 5.41) is 3.44. The number of para-hydroxylation sites is 1. The van der Waals surface area contributed by atoms with Gasteiger partial charge in [-0.1, -0.05) is 12.1 Å². The van der Waals surface area contributed by atoms with Crippen molar-refractivity contribution in [1.82, 2.24) is 9.88 Å². The van der Waals surface area contributed by atoms with Crippen molar-refractivity contribution in [3.8, 4) is 0 Å². The molecule has 0 saturated carbocycles. The van der Waals surface area contributed by atoms with Gasteiger partial charge in [-0.05, 0) is 42.6 Å². The molecule has 0 fully saturated rings. The van der Waals surface area contributed by atoms with Crippen molar-refractivity contribution in [2.24, 2.45) is 0 Å². The average Bonchev–Trinajstić information content (AvgIpc) is 3.03. The summed E-state index contributed by atoms with van der Waals surface area (Å²) < 4.78 is 1.29. The maximum atomic E-state index is 4.85. The Hall–Kier alpha value is -1.23. The number of hydrogen-bond donors (Lipinski definition) is 0. The van der Waals surface area contributed by atoms with Crippen LogP contribution in [0.5, 0.6) is 0 Å². The number of benzene rings is 1. The molecule has 19 heavy (non-hydrogen) atoms. The molecule has 0 amide bonds. The number of aromatic nitrogens is 1. The zero-order valence-electron chi connectivity index (χ0n) is 10.7. The Morgan fingerprint density at radius 2 is 2.16 bits per heavy atom. The second-order valence-electron chi connectivity index (χ2n) is 4.96. The van der Waals surface area contributed by atoms with E-state index in [0.29, 0.717) is 6.04 Å². The molecule has 3 aromatic rings. The number of thiophene rings is 1. The molecule has 0 N–H and O–H groups in total. The molecule has 1 aliphatic heterocycles. The Bertz CT molecular complexity index is 695. The van der Waals surface area contributed by atoms with Gasteiger partial charge in [-0.25, -0.2) is 4.98 Å². The van der Waals surface area contributed by atoms with Gasteiger partial charge in [-0.2, -0.15) is 0 Å². The van der Waals surface area contributed by atoms with E-state index in [1.165, 1.54) is 20.1 Å². The van der Waals surface area contributed by atoms with E-state index < -0.39 is 0 Å². The number of thiazole rings is 1. The molecule has 1 unspecified atom stereocenters. The number of fused-ring (bicyclic) bond motifs is 2. The van der Waals surface area contributed by atoms with Gasteiger partial charge >= 0.3 is 0 Å². The van der Waals surface area contributed by atoms with E-state index in [-0.39, 0.29) is 0 Å². The summed E-state index contributed by atoms with van der Waals surface area (Å²) >= 11 is 3.70. The van der Waals surface area contributed by atoms with Gasteiger partial charge in [0.05, 0.1) is 16.3 Å². The predicted octanol–water partition coefficient (Wildman–Crippen LogP) is 3.94. The van der Waals surface area contributed by atoms with E-state index in [1.54, 1.807) is 0 Å². The average molecular weight is 286 g/mol. The highest BCUT2D eigenvalue weighted by Crippen LogP contribution is 2.40. The first-order valence-corrected chi connectivity index (χ1v) is 8.14. The van der Waals surface area contributed by atoms with Crippen LogP contribution in [-0.4, -0.2) is 23.5 Å². The van der Waals surface area contributed by atoms with Crippen molar-refractivity contribution in [2.45, 2.75) is 12.5 Å². The van der Waals surface area contributed by atoms with Gasteiger partial charge < -0.3 is 0 Å². The third-order valence-corrected chi connectivity index (χ3v) is 5.85. The number of hydrogen-bond acceptors (Lipinski definition) is 4. The number of likely N-dealkylation sites (N-methyl/N-ethyl adjacent to an activating group) is 1. The van der Waals surface area contributed by atoms with Crippen LogP contribution in [0.3, 0.4) is 0 Å². The first-order chi connectivity index (χ1) is 9.33. The van der Waals surface area contributed by atoms with Crippen molar-refractivity contribution >= 4 is 32.9 Å². The van der Waals surface area contributed by atoms with Crippen LogP contribution in [0.4, 0.5) is 0 Å². The molecule has 96 valence electrons. The standard InChI is InChI=1S/C15H14N2S2/c1-17-8-6-10-7-9-18-14(10)13(17)15-16-11-4-2-3-5-12(11)19-15/h2-5,7,9,13H,6,8H2,1H3. The first-order valence-electron chi connectivity index (χ1n) is 6.45. The van der Waals surface area contributed by atoms with Crippen molar-refractivity contribution in [1.29, 1.82) is 0 Å². The lowest BCUT2D eigenvalue weighted by Gasteiger charge is -2.30. The predicted molar refractivity (Wildman–Crippen MR) is 82.1 cm³/mol. The quantitative estimate of drug-likeness (QED) is 0.673. The van der Waals surface area contributed by atoms with Crippen LogP contribution in [0.1, 0.15) is 21.5 Å². The molecule has 0 saturated heterocycles. The summed E-state index contributed by atoms with van der Waals surface area (Å²) in [4.78, 5) is 8.76. The monoisotopic (exact) mass is 286 g/mol. The van der Waals surface area contributed by atoms with E-state index in [0.717, 1.165) is 18.5 Å². The lowest BCUT2D eigenvalue weighted by Crippen LogP contribution is -2.31. The normalized spacial score (nSPS) is 19.7. The van der Waals surface area contributed by atoms with Gasteiger partial charge in [0.1, 0.15) is 5.01 Å². The molecule has 0 radical (unpaired) electrons. The molecule has 1 atom stereocenters. The van der Waals surface area contributed by atoms with E-state index in [1.807, 2.05) is 22.7 Å². The minimum atomic E-state index is 0.348. The molecule has 0 aliphatic carbocycles. The Morgan fingerprint density at radius 3 is 3.05 bits per heavy atom. The smallest absolute Gasteiger partial charge is 0.116 e. The molecule has 4 rings (SSSR count). The second kappa shape index (κ2) is 4.40. The molecule has 1 aromatic carbocycles. The van der Waals surface area contributed by atoms with Crippen LogP contribution >= 0.6 is 22.7 Å². The van der Waals surface area contributed by atoms with Gasteiger partial charge in [0, 0.05) is 11.4 Å². The minimum Gasteiger partial charge on any atom is -0.292 e. The number of nitrogens with zero attached hydrogens (tertiary/aromatic N) is 2. The first kappa shape index (κ1) is 11.6. The van der Waals surface area contributed by atoms with E-state index in [9.17, 15) is 0 Å². The molecule has 1 aliphatic rings. The zero-order valence-corrected chi connectivity index (χ0v) is 12.3. The second-order valence-corrected chi connectivity index (χ2v) is 6.97. The molecule has 0 bridgehead atoms. The maximum Gasteiger partial charge on any atom is 0.116 e. The number of rotatable bonds is 1. The fourth-order valence-corrected chi connectivity index (χ4v) is 5.07. The van der Waals surface area contributed by atoms with Crippen LogP contribution in [0, 0.1) is 0 Å². The third-order valence-electron chi connectivity index (χ3n) is 3.75. The molecular weight excluding hydrogens is 272 g/mol. The molecule has 4 heteroatoms. The van der Waals surface area contributed by atoms with Gasteiger partial charge in [-0.3, -0.25) is 4.90 Å². The summed E-state index contributed by atoms with van der Waals surface area (Å²) in [7, 11) is 2.21. The topological polar surface area (TPSA) is 16.1 Å². The van der Waals surface area contributed by atoms with Gasteiger partial charge in [0.15, 0.2) is 0 Å². The molecule has 0 spiro atoms. The Morgan fingerprint density at radius 1 is 1.26 bits per heavy atom. The SMILES string of the molecule is CN1CCc2ccsc2C1c1nc2ccccc2s1. The third kappa shape index (κ3) is 1.83. The largest absolute Gasteiger partial charge is 0.292 e. The lowest BCUT2D eigenvalue weighted by molar-refractivity contribution is 0.269. The minimum absolute atomic E-state index is 0.348. The van der Waals surface area contributed by atoms with Crippen LogP contribution in [-0.2, 0) is 6.42 Å². The van der Waals surface area contributed by atoms with E-state index >= 15 is 0 Å². The van der Waals surface area contributed by atoms with E-state index in [4.69, 9.17) is 4.98 Å². The maximum absolute atomic E-state index is 4.85. The fraction of sp³-hybridized carbons (Fsp3) is 0.267. The summed E-state index contributed by atoms with van der Waals surface area (Å²) in [6.45, 7) is 1.12. The summed E-state index contributed by atoms with van der Waals surface area (Å²) in [6, 6.07) is 11.0. The van der Waals surface area contributed by atoms with Crippen molar-refractivity contribution in [2.75, 3.05) is 13.6 Å². The van der Waals surface area contributed by atoms with Gasteiger partial charge in [-0.15, -0.1) is 22.7 Å². The van der Waals surface area contributed by atoms with Crippen LogP contribution < -0.4 is 0 Å². The molecular formula is C15H14N2S2. The highest BCUT2D eigenvalue weighted by molar-refractivity contribution is 7.18. The summed E-state index contributed by atoms with van der Waals surface area (Å²) in [6.07, 6.45) is 1.16. The van der Waals surface area contributed by atoms with Crippen LogP contribution in [0.2, 0.25) is 0 Å². The highest BCUT2D eigenvalue weighted by Gasteiger charge is 2.29. The summed E-state index contributed by atoms with van der Waals surface area (Å²) in [5.41, 5.74) is 2.63. The fourth-order valence-electron chi connectivity index (χ4n) is 2.73. The lowest BCUT2D eigenvalue weighted by atomic mass is 10.0. The summed E-state index contributed by atoms with van der Waals surface area (Å²) in [5.74, 6) is 0. The van der Waals surface area contributed by atoms with Crippen molar-refractivity contribution < 1.29 is 0 Å². The van der Waals surface area contributed by atoms with E-state index in [2.05, 4.69) is 47.7 Å². The van der Waals surface area contributed by atoms with Crippen molar-refractivity contribution in [3.05, 3.63) is 51.2 Å². The molecule has 3 heterocycles. The van der Waals surface area contributed by atoms with Crippen molar-refractivity contribution in [3.63, 3.8) is 0 Å². The van der Waals surface area contributed by atoms with Crippen LogP contribution in [0.15, 0.2) is 35.7 Å². The van der Waals surface area contributed by atoms with Gasteiger partial charge in [0.25, 0.3) is 0 Å². The molecule has 2 aromatic heterocycles. The Labute approximate surface area is 120 Å². The molecule has 2 nitrogen and oxygen atoms in total. The Kier molecular flexibility index (Phi) is 2.69. The highest BCUT2D eigenvalue weighted by atomic mass is 32.1. The zero-order chi connectivity index (χ0) is 12.8.